The first kappa shape index (κ1) is 13.5. The van der Waals surface area contributed by atoms with Gasteiger partial charge in [-0.25, -0.2) is 0 Å². The number of ether oxygens (including phenoxy) is 1. The normalized spacial score (nSPS) is 11.4. The van der Waals surface area contributed by atoms with Gasteiger partial charge >= 0.3 is 6.18 Å². The number of ketones is 1. The molecule has 0 unspecified atom stereocenters. The maximum Gasteiger partial charge on any atom is 0.422 e. The molecule has 0 radical (unpaired) electrons. The molecule has 0 N–H and O–H groups in total. The van der Waals surface area contributed by atoms with Crippen LogP contribution in [0.1, 0.15) is 29.3 Å². The molecule has 0 aromatic heterocycles. The molecule has 0 aliphatic rings. The summed E-state index contributed by atoms with van der Waals surface area (Å²) in [5.74, 6) is 0.102. The largest absolute Gasteiger partial charge is 0.484 e. The molecule has 0 atom stereocenters. The highest BCUT2D eigenvalue weighted by atomic mass is 19.4. The first-order valence-corrected chi connectivity index (χ1v) is 5.17. The van der Waals surface area contributed by atoms with Crippen molar-refractivity contribution in [3.05, 3.63) is 29.3 Å². The summed E-state index contributed by atoms with van der Waals surface area (Å²) in [6.07, 6.45) is -3.99. The highest BCUT2D eigenvalue weighted by molar-refractivity contribution is 5.96. The van der Waals surface area contributed by atoms with Crippen LogP contribution in [0, 0.1) is 6.92 Å². The molecule has 5 heteroatoms. The Bertz CT molecular complexity index is 411. The minimum absolute atomic E-state index is 0.0459. The van der Waals surface area contributed by atoms with Gasteiger partial charge in [-0.15, -0.1) is 0 Å². The Labute approximate surface area is 97.4 Å². The fourth-order valence-electron chi connectivity index (χ4n) is 1.35. The Morgan fingerprint density at radius 1 is 1.35 bits per heavy atom. The van der Waals surface area contributed by atoms with Crippen LogP contribution in [-0.4, -0.2) is 18.6 Å². The highest BCUT2D eigenvalue weighted by Crippen LogP contribution is 2.23. The number of carbonyl (C=O) groups is 1. The van der Waals surface area contributed by atoms with E-state index in [0.717, 1.165) is 0 Å². The van der Waals surface area contributed by atoms with Crippen molar-refractivity contribution in [2.75, 3.05) is 6.61 Å². The summed E-state index contributed by atoms with van der Waals surface area (Å²) in [6.45, 7) is 2.01. The Kier molecular flexibility index (Phi) is 4.15. The fourth-order valence-corrected chi connectivity index (χ4v) is 1.35. The van der Waals surface area contributed by atoms with Crippen LogP contribution in [0.4, 0.5) is 13.2 Å². The van der Waals surface area contributed by atoms with Crippen molar-refractivity contribution < 1.29 is 22.7 Å². The maximum atomic E-state index is 12.0. The zero-order valence-electron chi connectivity index (χ0n) is 9.60. The van der Waals surface area contributed by atoms with Crippen LogP contribution in [0.5, 0.6) is 5.75 Å². The molecule has 1 rings (SSSR count). The molecule has 0 amide bonds. The number of benzene rings is 1. The van der Waals surface area contributed by atoms with Crippen molar-refractivity contribution in [2.24, 2.45) is 0 Å². The van der Waals surface area contributed by atoms with Crippen molar-refractivity contribution in [3.63, 3.8) is 0 Å². The third-order valence-electron chi connectivity index (χ3n) is 2.21. The molecular weight excluding hydrogens is 233 g/mol. The number of hydrogen-bond acceptors (Lipinski definition) is 2. The Hall–Kier alpha value is -1.52. The number of rotatable bonds is 4. The van der Waals surface area contributed by atoms with Gasteiger partial charge in [-0.3, -0.25) is 4.79 Å². The summed E-state index contributed by atoms with van der Waals surface area (Å²) in [4.78, 5) is 11.4. The molecule has 0 fully saturated rings. The standard InChI is InChI=1S/C12H13F3O2/c1-3-10(16)9-4-5-11(8(2)6-9)17-7-12(13,14)15/h4-6H,3,7H2,1-2H3. The molecule has 1 aromatic carbocycles. The van der Waals surface area contributed by atoms with E-state index in [0.29, 0.717) is 17.5 Å². The lowest BCUT2D eigenvalue weighted by molar-refractivity contribution is -0.153. The highest BCUT2D eigenvalue weighted by Gasteiger charge is 2.28. The van der Waals surface area contributed by atoms with E-state index < -0.39 is 12.8 Å². The van der Waals surface area contributed by atoms with Crippen LogP contribution in [-0.2, 0) is 0 Å². The number of carbonyl (C=O) groups excluding carboxylic acids is 1. The third kappa shape index (κ3) is 4.09. The SMILES string of the molecule is CCC(=O)c1ccc(OCC(F)(F)F)c(C)c1. The van der Waals surface area contributed by atoms with Crippen LogP contribution >= 0.6 is 0 Å². The van der Waals surface area contributed by atoms with Crippen LogP contribution in [0.15, 0.2) is 18.2 Å². The predicted octanol–water partition coefficient (Wildman–Crippen LogP) is 3.53. The van der Waals surface area contributed by atoms with Gasteiger partial charge < -0.3 is 4.74 Å². The minimum Gasteiger partial charge on any atom is -0.484 e. The Morgan fingerprint density at radius 2 is 2.00 bits per heavy atom. The molecule has 0 saturated heterocycles. The Morgan fingerprint density at radius 3 is 2.47 bits per heavy atom. The van der Waals surface area contributed by atoms with E-state index in [1.54, 1.807) is 13.8 Å². The van der Waals surface area contributed by atoms with Crippen LogP contribution in [0.3, 0.4) is 0 Å². The second kappa shape index (κ2) is 5.21. The van der Waals surface area contributed by atoms with Crippen LogP contribution < -0.4 is 4.74 Å². The molecule has 0 bridgehead atoms. The average Bonchev–Trinajstić information content (AvgIpc) is 2.25. The summed E-state index contributed by atoms with van der Waals surface area (Å²) in [5, 5.41) is 0. The summed E-state index contributed by atoms with van der Waals surface area (Å²) in [6, 6.07) is 4.41. The minimum atomic E-state index is -4.36. The summed E-state index contributed by atoms with van der Waals surface area (Å²) >= 11 is 0. The molecule has 0 heterocycles. The molecule has 17 heavy (non-hydrogen) atoms. The number of Topliss-reactive ketones (excluding diaryl/α,β-unsaturated/α-hetero) is 1. The van der Waals surface area contributed by atoms with E-state index in [4.69, 9.17) is 0 Å². The molecule has 0 spiro atoms. The van der Waals surface area contributed by atoms with Gasteiger partial charge in [0.15, 0.2) is 12.4 Å². The van der Waals surface area contributed by atoms with Gasteiger partial charge in [-0.2, -0.15) is 13.2 Å². The van der Waals surface area contributed by atoms with Crippen LogP contribution in [0.2, 0.25) is 0 Å². The van der Waals surface area contributed by atoms with Crippen molar-refractivity contribution in [1.82, 2.24) is 0 Å². The van der Waals surface area contributed by atoms with E-state index in [1.807, 2.05) is 0 Å². The van der Waals surface area contributed by atoms with Gasteiger partial charge in [0, 0.05) is 12.0 Å². The molecule has 2 nitrogen and oxygen atoms in total. The molecule has 1 aromatic rings. The molecule has 0 aliphatic carbocycles. The third-order valence-corrected chi connectivity index (χ3v) is 2.21. The number of aryl methyl sites for hydroxylation is 1. The lowest BCUT2D eigenvalue weighted by Gasteiger charge is -2.11. The molecule has 0 aliphatic heterocycles. The van der Waals surface area contributed by atoms with E-state index in [-0.39, 0.29) is 11.5 Å². The Balaban J connectivity index is 2.80. The second-order valence-electron chi connectivity index (χ2n) is 3.66. The maximum absolute atomic E-state index is 12.0. The quantitative estimate of drug-likeness (QED) is 0.760. The van der Waals surface area contributed by atoms with E-state index in [1.165, 1.54) is 18.2 Å². The van der Waals surface area contributed by atoms with Gasteiger partial charge in [0.2, 0.25) is 0 Å². The van der Waals surface area contributed by atoms with Gasteiger partial charge in [0.05, 0.1) is 0 Å². The average molecular weight is 246 g/mol. The van der Waals surface area contributed by atoms with Crippen molar-refractivity contribution in [1.29, 1.82) is 0 Å². The van der Waals surface area contributed by atoms with Crippen molar-refractivity contribution in [3.8, 4) is 5.75 Å². The smallest absolute Gasteiger partial charge is 0.422 e. The topological polar surface area (TPSA) is 26.3 Å². The molecule has 94 valence electrons. The van der Waals surface area contributed by atoms with Gasteiger partial charge in [-0.05, 0) is 30.7 Å². The first-order chi connectivity index (χ1) is 7.83. The summed E-state index contributed by atoms with van der Waals surface area (Å²) in [5.41, 5.74) is 1.01. The fraction of sp³-hybridized carbons (Fsp3) is 0.417. The summed E-state index contributed by atoms with van der Waals surface area (Å²) < 4.78 is 40.5. The van der Waals surface area contributed by atoms with Crippen molar-refractivity contribution in [2.45, 2.75) is 26.4 Å². The summed E-state index contributed by atoms with van der Waals surface area (Å²) in [7, 11) is 0. The number of hydrogen-bond donors (Lipinski definition) is 0. The van der Waals surface area contributed by atoms with E-state index >= 15 is 0 Å². The van der Waals surface area contributed by atoms with Gasteiger partial charge in [0.1, 0.15) is 5.75 Å². The predicted molar refractivity (Wildman–Crippen MR) is 57.4 cm³/mol. The first-order valence-electron chi connectivity index (χ1n) is 5.17. The number of alkyl halides is 3. The van der Waals surface area contributed by atoms with Crippen LogP contribution in [0.25, 0.3) is 0 Å². The van der Waals surface area contributed by atoms with Crippen molar-refractivity contribution >= 4 is 5.78 Å². The lowest BCUT2D eigenvalue weighted by atomic mass is 10.1. The lowest BCUT2D eigenvalue weighted by Crippen LogP contribution is -2.19. The zero-order chi connectivity index (χ0) is 13.1. The zero-order valence-corrected chi connectivity index (χ0v) is 9.60. The monoisotopic (exact) mass is 246 g/mol. The number of halogens is 3. The van der Waals surface area contributed by atoms with E-state index in [9.17, 15) is 18.0 Å². The second-order valence-corrected chi connectivity index (χ2v) is 3.66. The molecular formula is C12H13F3O2. The van der Waals surface area contributed by atoms with E-state index in [2.05, 4.69) is 4.74 Å². The molecule has 0 saturated carbocycles. The van der Waals surface area contributed by atoms with Gasteiger partial charge in [-0.1, -0.05) is 6.92 Å². The van der Waals surface area contributed by atoms with Gasteiger partial charge in [0.25, 0.3) is 0 Å².